The Balaban J connectivity index is 2.46. The first-order chi connectivity index (χ1) is 6.72. The van der Waals surface area contributed by atoms with Crippen molar-refractivity contribution in [2.24, 2.45) is 0 Å². The van der Waals surface area contributed by atoms with Gasteiger partial charge in [-0.05, 0) is 23.9 Å². The summed E-state index contributed by atoms with van der Waals surface area (Å²) in [7, 11) is 0. The van der Waals surface area contributed by atoms with Crippen LogP contribution in [0.15, 0.2) is 35.2 Å². The van der Waals surface area contributed by atoms with E-state index in [4.69, 9.17) is 0 Å². The molecule has 14 heavy (non-hydrogen) atoms. The third kappa shape index (κ3) is 3.71. The summed E-state index contributed by atoms with van der Waals surface area (Å²) < 4.78 is 8.05. The van der Waals surface area contributed by atoms with Crippen molar-refractivity contribution in [1.29, 1.82) is 0 Å². The molecule has 0 heterocycles. The summed E-state index contributed by atoms with van der Waals surface area (Å²) in [5.74, 6) is 0. The van der Waals surface area contributed by atoms with Crippen LogP contribution >= 0.6 is 24.7 Å². The maximum absolute atomic E-state index is 11.0. The molecule has 0 spiro atoms. The quantitative estimate of drug-likeness (QED) is 0.264. The summed E-state index contributed by atoms with van der Waals surface area (Å²) >= 11 is 3.97. The number of thioether (sulfide) groups is 1. The highest BCUT2D eigenvalue weighted by molar-refractivity contribution is 8.13. The van der Waals surface area contributed by atoms with Crippen molar-refractivity contribution >= 4 is 36.1 Å². The van der Waals surface area contributed by atoms with E-state index in [0.29, 0.717) is 4.90 Å². The third-order valence-electron chi connectivity index (χ3n) is 1.19. The Morgan fingerprint density at radius 2 is 1.86 bits per heavy atom. The highest BCUT2D eigenvalue weighted by Gasteiger charge is 2.11. The number of carbonyl (C=O) groups is 2. The fraction of sp³-hybridized carbons (Fsp3) is 0. The molecular weight excluding hydrogens is 224 g/mol. The molecule has 0 aromatic heterocycles. The molecule has 0 aliphatic carbocycles. The first-order valence-corrected chi connectivity index (χ1v) is 4.70. The second-order valence-corrected chi connectivity index (χ2v) is 3.30. The van der Waals surface area contributed by atoms with Crippen LogP contribution in [0.2, 0.25) is 0 Å². The molecule has 1 aromatic rings. The molecule has 0 N–H and O–H groups in total. The maximum Gasteiger partial charge on any atom is 0.529 e. The van der Waals surface area contributed by atoms with E-state index in [0.717, 1.165) is 11.8 Å². The van der Waals surface area contributed by atoms with Gasteiger partial charge in [-0.1, -0.05) is 18.2 Å². The molecule has 0 saturated heterocycles. The summed E-state index contributed by atoms with van der Waals surface area (Å²) in [5.41, 5.74) is 0. The van der Waals surface area contributed by atoms with Gasteiger partial charge in [0.05, 0.1) is 0 Å². The first kappa shape index (κ1) is 10.9. The Morgan fingerprint density at radius 3 is 2.43 bits per heavy atom. The van der Waals surface area contributed by atoms with Crippen LogP contribution in [0.1, 0.15) is 0 Å². The minimum atomic E-state index is -1.14. The van der Waals surface area contributed by atoms with Gasteiger partial charge in [-0.15, -0.1) is 0 Å². The molecule has 0 aliphatic rings. The number of ether oxygens (including phenoxy) is 1. The van der Waals surface area contributed by atoms with Crippen molar-refractivity contribution in [3.8, 4) is 0 Å². The molecule has 0 atom stereocenters. The number of carbonyl (C=O) groups excluding carboxylic acids is 2. The van der Waals surface area contributed by atoms with Gasteiger partial charge in [-0.3, -0.25) is 0 Å². The maximum atomic E-state index is 11.0. The molecule has 1 rings (SSSR count). The molecule has 0 aliphatic heterocycles. The van der Waals surface area contributed by atoms with Crippen LogP contribution in [0.25, 0.3) is 0 Å². The van der Waals surface area contributed by atoms with E-state index in [2.05, 4.69) is 21.8 Å². The minimum absolute atomic E-state index is 0.685. The lowest BCUT2D eigenvalue weighted by Gasteiger charge is -1.99. The van der Waals surface area contributed by atoms with Gasteiger partial charge in [0.25, 0.3) is 0 Å². The highest BCUT2D eigenvalue weighted by Crippen LogP contribution is 2.19. The summed E-state index contributed by atoms with van der Waals surface area (Å²) in [6, 6.07) is 8.80. The van der Waals surface area contributed by atoms with Crippen LogP contribution in [-0.4, -0.2) is 11.5 Å². The van der Waals surface area contributed by atoms with E-state index >= 15 is 0 Å². The van der Waals surface area contributed by atoms with Crippen LogP contribution in [-0.2, 0) is 8.92 Å². The van der Waals surface area contributed by atoms with Crippen molar-refractivity contribution in [1.82, 2.24) is 0 Å². The van der Waals surface area contributed by atoms with Gasteiger partial charge in [0.1, 0.15) is 0 Å². The summed E-state index contributed by atoms with van der Waals surface area (Å²) in [6.45, 7) is 0. The van der Waals surface area contributed by atoms with Crippen molar-refractivity contribution in [3.05, 3.63) is 30.3 Å². The zero-order valence-corrected chi connectivity index (χ0v) is 8.59. The monoisotopic (exact) mass is 230 g/mol. The number of benzene rings is 1. The van der Waals surface area contributed by atoms with Crippen molar-refractivity contribution in [3.63, 3.8) is 0 Å². The molecular formula is C8H6O4S2. The fourth-order valence-electron chi connectivity index (χ4n) is 0.692. The number of hydrogen-bond acceptors (Lipinski definition) is 6. The molecule has 0 bridgehead atoms. The van der Waals surface area contributed by atoms with Crippen LogP contribution in [0, 0.1) is 0 Å². The van der Waals surface area contributed by atoms with Gasteiger partial charge in [-0.2, -0.15) is 0 Å². The second kappa shape index (κ2) is 5.56. The first-order valence-electron chi connectivity index (χ1n) is 3.52. The normalized spacial score (nSPS) is 9.21. The number of hydrogen-bond donors (Lipinski definition) is 1. The van der Waals surface area contributed by atoms with Crippen LogP contribution in [0.4, 0.5) is 9.59 Å². The van der Waals surface area contributed by atoms with Crippen molar-refractivity contribution in [2.75, 3.05) is 0 Å². The SMILES string of the molecule is O=C(OS)OC(=O)Sc1ccccc1. The zero-order valence-electron chi connectivity index (χ0n) is 6.88. The zero-order chi connectivity index (χ0) is 10.4. The standard InChI is InChI=1S/C8H6O4S2/c9-7(12-13)11-8(10)14-6-4-2-1-3-5-6/h1-5,13H. The van der Waals surface area contributed by atoms with Gasteiger partial charge in [0, 0.05) is 17.8 Å². The Bertz CT molecular complexity index is 325. The van der Waals surface area contributed by atoms with E-state index in [1.54, 1.807) is 24.3 Å². The van der Waals surface area contributed by atoms with Crippen LogP contribution in [0.5, 0.6) is 0 Å². The largest absolute Gasteiger partial charge is 0.529 e. The smallest absolute Gasteiger partial charge is 0.363 e. The van der Waals surface area contributed by atoms with Gasteiger partial charge in [-0.25, -0.2) is 9.59 Å². The molecule has 1 aromatic carbocycles. The Hall–Kier alpha value is -1.14. The molecule has 0 amide bonds. The predicted molar refractivity (Wildman–Crippen MR) is 54.2 cm³/mol. The van der Waals surface area contributed by atoms with Gasteiger partial charge in [0.15, 0.2) is 0 Å². The average molecular weight is 230 g/mol. The van der Waals surface area contributed by atoms with E-state index < -0.39 is 11.5 Å². The lowest BCUT2D eigenvalue weighted by atomic mass is 10.4. The van der Waals surface area contributed by atoms with E-state index in [1.165, 1.54) is 0 Å². The topological polar surface area (TPSA) is 52.6 Å². The molecule has 0 radical (unpaired) electrons. The fourth-order valence-corrected chi connectivity index (χ4v) is 1.32. The van der Waals surface area contributed by atoms with Gasteiger partial charge < -0.3 is 8.92 Å². The molecule has 6 heteroatoms. The Kier molecular flexibility index (Phi) is 4.34. The molecule has 74 valence electrons. The van der Waals surface area contributed by atoms with Gasteiger partial charge in [0.2, 0.25) is 0 Å². The Labute approximate surface area is 90.2 Å². The molecule has 0 saturated carbocycles. The van der Waals surface area contributed by atoms with Crippen molar-refractivity contribution < 1.29 is 18.5 Å². The lowest BCUT2D eigenvalue weighted by Crippen LogP contribution is -2.05. The van der Waals surface area contributed by atoms with Crippen LogP contribution < -0.4 is 0 Å². The Morgan fingerprint density at radius 1 is 1.21 bits per heavy atom. The summed E-state index contributed by atoms with van der Waals surface area (Å²) in [5, 5.41) is -0.754. The highest BCUT2D eigenvalue weighted by atomic mass is 32.2. The molecule has 4 nitrogen and oxygen atoms in total. The predicted octanol–water partition coefficient (Wildman–Crippen LogP) is 2.90. The van der Waals surface area contributed by atoms with Crippen molar-refractivity contribution in [2.45, 2.75) is 4.90 Å². The van der Waals surface area contributed by atoms with Crippen LogP contribution in [0.3, 0.4) is 0 Å². The van der Waals surface area contributed by atoms with E-state index in [1.807, 2.05) is 6.07 Å². The summed E-state index contributed by atoms with van der Waals surface area (Å²) in [6.07, 6.45) is -1.14. The summed E-state index contributed by atoms with van der Waals surface area (Å²) in [4.78, 5) is 22.1. The number of thiol groups is 1. The van der Waals surface area contributed by atoms with E-state index in [-0.39, 0.29) is 0 Å². The average Bonchev–Trinajstić information content (AvgIpc) is 2.19. The third-order valence-corrected chi connectivity index (χ3v) is 2.09. The molecule has 0 unspecified atom stereocenters. The number of rotatable bonds is 1. The second-order valence-electron chi connectivity index (χ2n) is 2.11. The lowest BCUT2D eigenvalue weighted by molar-refractivity contribution is 0.136. The van der Waals surface area contributed by atoms with Gasteiger partial charge >= 0.3 is 11.5 Å². The van der Waals surface area contributed by atoms with E-state index in [9.17, 15) is 9.59 Å². The molecule has 0 fully saturated rings. The minimum Gasteiger partial charge on any atom is -0.363 e.